The first kappa shape index (κ1) is 17.1. The van der Waals surface area contributed by atoms with Crippen LogP contribution in [0.1, 0.15) is 36.5 Å². The van der Waals surface area contributed by atoms with Gasteiger partial charge in [-0.05, 0) is 18.8 Å². The molecule has 1 aromatic heterocycles. The second kappa shape index (κ2) is 8.35. The Hall–Kier alpha value is -1.96. The maximum atomic E-state index is 11.8. The van der Waals surface area contributed by atoms with Gasteiger partial charge in [0.05, 0.1) is 5.69 Å². The maximum Gasteiger partial charge on any atom is 0.358 e. The second-order valence-corrected chi connectivity index (χ2v) is 5.14. The number of carboxylic acids is 1. The number of aromatic nitrogens is 3. The number of carbonyl (C=O) groups is 2. The van der Waals surface area contributed by atoms with Crippen molar-refractivity contribution in [2.45, 2.75) is 33.2 Å². The minimum Gasteiger partial charge on any atom is -0.476 e. The second-order valence-electron chi connectivity index (χ2n) is 5.14. The van der Waals surface area contributed by atoms with E-state index >= 15 is 0 Å². The highest BCUT2D eigenvalue weighted by Crippen LogP contribution is 2.12. The van der Waals surface area contributed by atoms with Crippen molar-refractivity contribution in [3.8, 4) is 0 Å². The molecular formula is C13H22N4O4. The van der Waals surface area contributed by atoms with E-state index in [9.17, 15) is 9.59 Å². The molecule has 2 N–H and O–H groups in total. The van der Waals surface area contributed by atoms with Gasteiger partial charge >= 0.3 is 5.97 Å². The molecule has 0 aliphatic carbocycles. The lowest BCUT2D eigenvalue weighted by Crippen LogP contribution is -2.30. The highest BCUT2D eigenvalue weighted by molar-refractivity contribution is 5.86. The van der Waals surface area contributed by atoms with Crippen LogP contribution in [0.5, 0.6) is 0 Å². The minimum absolute atomic E-state index is 0.0324. The number of ether oxygens (including phenoxy) is 1. The molecule has 1 amide bonds. The van der Waals surface area contributed by atoms with Gasteiger partial charge in [-0.3, -0.25) is 4.79 Å². The average molecular weight is 298 g/mol. The Labute approximate surface area is 123 Å². The molecule has 8 heteroatoms. The van der Waals surface area contributed by atoms with E-state index in [1.807, 2.05) is 13.8 Å². The van der Waals surface area contributed by atoms with Crippen molar-refractivity contribution < 1.29 is 19.4 Å². The molecule has 0 spiro atoms. The van der Waals surface area contributed by atoms with Crippen LogP contribution in [-0.2, 0) is 22.5 Å². The lowest BCUT2D eigenvalue weighted by atomic mass is 10.1. The summed E-state index contributed by atoms with van der Waals surface area (Å²) in [5.41, 5.74) is 0.389. The SMILES string of the molecule is COCCCNC(=O)Cn1nnc(C(=O)O)c1CC(C)C. The van der Waals surface area contributed by atoms with Crippen molar-refractivity contribution >= 4 is 11.9 Å². The summed E-state index contributed by atoms with van der Waals surface area (Å²) < 4.78 is 6.25. The van der Waals surface area contributed by atoms with E-state index in [-0.39, 0.29) is 24.1 Å². The van der Waals surface area contributed by atoms with Gasteiger partial charge in [0.25, 0.3) is 0 Å². The van der Waals surface area contributed by atoms with Gasteiger partial charge in [-0.1, -0.05) is 19.1 Å². The lowest BCUT2D eigenvalue weighted by molar-refractivity contribution is -0.121. The van der Waals surface area contributed by atoms with Crippen LogP contribution in [0.25, 0.3) is 0 Å². The van der Waals surface area contributed by atoms with Crippen LogP contribution in [0.4, 0.5) is 0 Å². The van der Waals surface area contributed by atoms with Gasteiger partial charge < -0.3 is 15.2 Å². The van der Waals surface area contributed by atoms with E-state index in [1.165, 1.54) is 4.68 Å². The van der Waals surface area contributed by atoms with Crippen molar-refractivity contribution in [1.82, 2.24) is 20.3 Å². The van der Waals surface area contributed by atoms with E-state index in [0.29, 0.717) is 25.3 Å². The van der Waals surface area contributed by atoms with E-state index in [2.05, 4.69) is 15.6 Å². The molecule has 0 radical (unpaired) electrons. The first-order valence-corrected chi connectivity index (χ1v) is 6.87. The smallest absolute Gasteiger partial charge is 0.358 e. The molecule has 8 nitrogen and oxygen atoms in total. The summed E-state index contributed by atoms with van der Waals surface area (Å²) in [6, 6.07) is 0. The van der Waals surface area contributed by atoms with Crippen molar-refractivity contribution in [1.29, 1.82) is 0 Å². The van der Waals surface area contributed by atoms with Gasteiger partial charge in [-0.15, -0.1) is 5.10 Å². The molecule has 0 aromatic carbocycles. The normalized spacial score (nSPS) is 10.9. The monoisotopic (exact) mass is 298 g/mol. The minimum atomic E-state index is -1.13. The summed E-state index contributed by atoms with van der Waals surface area (Å²) in [4.78, 5) is 22.9. The van der Waals surface area contributed by atoms with Crippen molar-refractivity contribution in [2.75, 3.05) is 20.3 Å². The molecule has 21 heavy (non-hydrogen) atoms. The van der Waals surface area contributed by atoms with Gasteiger partial charge in [0.15, 0.2) is 5.69 Å². The van der Waals surface area contributed by atoms with E-state index in [4.69, 9.17) is 9.84 Å². The summed E-state index contributed by atoms with van der Waals surface area (Å²) in [6.07, 6.45) is 1.23. The van der Waals surface area contributed by atoms with E-state index < -0.39 is 5.97 Å². The molecule has 0 saturated carbocycles. The number of rotatable bonds is 9. The predicted octanol–water partition coefficient (Wildman–Crippen LogP) is 0.327. The molecule has 1 heterocycles. The third-order valence-corrected chi connectivity index (χ3v) is 2.78. The largest absolute Gasteiger partial charge is 0.476 e. The molecule has 0 fully saturated rings. The van der Waals surface area contributed by atoms with Gasteiger partial charge in [-0.2, -0.15) is 0 Å². The Morgan fingerprint density at radius 1 is 1.43 bits per heavy atom. The van der Waals surface area contributed by atoms with Gasteiger partial charge in [-0.25, -0.2) is 9.48 Å². The number of nitrogens with zero attached hydrogens (tertiary/aromatic N) is 3. The Morgan fingerprint density at radius 2 is 2.14 bits per heavy atom. The first-order chi connectivity index (χ1) is 9.95. The van der Waals surface area contributed by atoms with Crippen LogP contribution in [0, 0.1) is 5.92 Å². The summed E-state index contributed by atoms with van der Waals surface area (Å²) in [6.45, 7) is 4.98. The molecule has 118 valence electrons. The topological polar surface area (TPSA) is 106 Å². The van der Waals surface area contributed by atoms with Gasteiger partial charge in [0.1, 0.15) is 6.54 Å². The number of nitrogens with one attached hydrogen (secondary N) is 1. The van der Waals surface area contributed by atoms with Crippen molar-refractivity contribution in [3.05, 3.63) is 11.4 Å². The van der Waals surface area contributed by atoms with Crippen LogP contribution in [0.15, 0.2) is 0 Å². The zero-order valence-corrected chi connectivity index (χ0v) is 12.6. The number of carbonyl (C=O) groups excluding carboxylic acids is 1. The fourth-order valence-electron chi connectivity index (χ4n) is 1.85. The molecule has 0 atom stereocenters. The van der Waals surface area contributed by atoms with Gasteiger partial charge in [0.2, 0.25) is 5.91 Å². The van der Waals surface area contributed by atoms with Crippen LogP contribution >= 0.6 is 0 Å². The number of hydrogen-bond acceptors (Lipinski definition) is 5. The maximum absolute atomic E-state index is 11.8. The standard InChI is InChI=1S/C13H22N4O4/c1-9(2)7-10-12(13(19)20)15-16-17(10)8-11(18)14-5-4-6-21-3/h9H,4-8H2,1-3H3,(H,14,18)(H,19,20). The number of methoxy groups -OCH3 is 1. The summed E-state index contributed by atoms with van der Waals surface area (Å²) in [7, 11) is 1.60. The molecule has 0 unspecified atom stereocenters. The quantitative estimate of drug-likeness (QED) is 0.636. The number of aromatic carboxylic acids is 1. The fraction of sp³-hybridized carbons (Fsp3) is 0.692. The molecule has 1 rings (SSSR count). The Kier molecular flexibility index (Phi) is 6.80. The molecule has 0 aliphatic heterocycles. The highest BCUT2D eigenvalue weighted by Gasteiger charge is 2.20. The summed E-state index contributed by atoms with van der Waals surface area (Å²) >= 11 is 0. The lowest BCUT2D eigenvalue weighted by Gasteiger charge is -2.09. The number of carboxylic acid groups (broad SMARTS) is 1. The highest BCUT2D eigenvalue weighted by atomic mass is 16.5. The molecule has 1 aromatic rings. The average Bonchev–Trinajstić information content (AvgIpc) is 2.77. The first-order valence-electron chi connectivity index (χ1n) is 6.87. The molecular weight excluding hydrogens is 276 g/mol. The van der Waals surface area contributed by atoms with Crippen LogP contribution in [-0.4, -0.2) is 52.2 Å². The Balaban J connectivity index is 2.69. The van der Waals surface area contributed by atoms with Crippen molar-refractivity contribution in [2.24, 2.45) is 5.92 Å². The summed E-state index contributed by atoms with van der Waals surface area (Å²) in [5.74, 6) is -1.11. The van der Waals surface area contributed by atoms with Crippen LogP contribution < -0.4 is 5.32 Å². The third kappa shape index (κ3) is 5.50. The van der Waals surface area contributed by atoms with E-state index in [1.54, 1.807) is 7.11 Å². The Bertz CT molecular complexity index is 485. The van der Waals surface area contributed by atoms with Crippen molar-refractivity contribution in [3.63, 3.8) is 0 Å². The zero-order chi connectivity index (χ0) is 15.8. The molecule has 0 saturated heterocycles. The van der Waals surface area contributed by atoms with Gasteiger partial charge in [0, 0.05) is 20.3 Å². The number of amides is 1. The van der Waals surface area contributed by atoms with Crippen LogP contribution in [0.3, 0.4) is 0 Å². The van der Waals surface area contributed by atoms with E-state index in [0.717, 1.165) is 6.42 Å². The number of hydrogen-bond donors (Lipinski definition) is 2. The predicted molar refractivity (Wildman–Crippen MR) is 75.0 cm³/mol. The third-order valence-electron chi connectivity index (χ3n) is 2.78. The Morgan fingerprint density at radius 3 is 2.71 bits per heavy atom. The van der Waals surface area contributed by atoms with Crippen LogP contribution in [0.2, 0.25) is 0 Å². The fourth-order valence-corrected chi connectivity index (χ4v) is 1.85. The zero-order valence-electron chi connectivity index (χ0n) is 12.6. The molecule has 0 bridgehead atoms. The molecule has 0 aliphatic rings. The summed E-state index contributed by atoms with van der Waals surface area (Å²) in [5, 5.41) is 19.2.